The molecular weight excluding hydrogens is 356 g/mol. The van der Waals surface area contributed by atoms with Crippen LogP contribution in [0.4, 0.5) is 0 Å². The topological polar surface area (TPSA) is 69.7 Å². The molecule has 5 nitrogen and oxygen atoms in total. The highest BCUT2D eigenvalue weighted by Gasteiger charge is 2.18. The molecule has 0 aromatic heterocycles. The van der Waals surface area contributed by atoms with Crippen molar-refractivity contribution in [1.82, 2.24) is 0 Å². The van der Waals surface area contributed by atoms with Gasteiger partial charge in [0.1, 0.15) is 0 Å². The molecule has 0 unspecified atom stereocenters. The van der Waals surface area contributed by atoms with E-state index >= 15 is 0 Å². The quantitative estimate of drug-likeness (QED) is 0.478. The Morgan fingerprint density at radius 2 is 1.39 bits per heavy atom. The highest BCUT2D eigenvalue weighted by atomic mass is 16.5. The highest BCUT2D eigenvalue weighted by molar-refractivity contribution is 6.02. The first kappa shape index (κ1) is 19.0. The molecule has 0 saturated carbocycles. The van der Waals surface area contributed by atoms with Gasteiger partial charge in [-0.3, -0.25) is 4.79 Å². The monoisotopic (exact) mass is 374 g/mol. The normalized spacial score (nSPS) is 10.2. The molecule has 3 rings (SSSR count). The van der Waals surface area contributed by atoms with Gasteiger partial charge in [-0.25, -0.2) is 9.59 Å². The van der Waals surface area contributed by atoms with Crippen molar-refractivity contribution in [3.05, 3.63) is 95.6 Å². The minimum Gasteiger partial charge on any atom is -0.465 e. The van der Waals surface area contributed by atoms with E-state index in [1.165, 1.54) is 19.2 Å². The van der Waals surface area contributed by atoms with Crippen molar-refractivity contribution >= 4 is 17.7 Å². The van der Waals surface area contributed by atoms with Crippen LogP contribution in [0.1, 0.15) is 31.1 Å². The first-order valence-corrected chi connectivity index (χ1v) is 8.63. The molecule has 0 aliphatic heterocycles. The number of ether oxygens (including phenoxy) is 2. The summed E-state index contributed by atoms with van der Waals surface area (Å²) in [7, 11) is 1.30. The Morgan fingerprint density at radius 1 is 0.750 bits per heavy atom. The molecule has 0 bridgehead atoms. The number of carbonyl (C=O) groups is 3. The van der Waals surface area contributed by atoms with Gasteiger partial charge in [0.05, 0.1) is 18.2 Å². The first-order chi connectivity index (χ1) is 13.6. The molecule has 5 heteroatoms. The molecule has 0 atom stereocenters. The molecule has 28 heavy (non-hydrogen) atoms. The summed E-state index contributed by atoms with van der Waals surface area (Å²) in [5, 5.41) is 0. The third-order valence-corrected chi connectivity index (χ3v) is 4.18. The van der Waals surface area contributed by atoms with Crippen LogP contribution in [0.2, 0.25) is 0 Å². The lowest BCUT2D eigenvalue weighted by atomic mass is 9.97. The second-order valence-corrected chi connectivity index (χ2v) is 5.98. The van der Waals surface area contributed by atoms with Crippen molar-refractivity contribution in [2.75, 3.05) is 13.7 Å². The number of Topliss-reactive ketones (excluding diaryl/α,β-unsaturated/α-hetero) is 1. The first-order valence-electron chi connectivity index (χ1n) is 8.63. The average molecular weight is 374 g/mol. The average Bonchev–Trinajstić information content (AvgIpc) is 2.77. The Morgan fingerprint density at radius 3 is 2.04 bits per heavy atom. The van der Waals surface area contributed by atoms with Crippen LogP contribution in [0, 0.1) is 0 Å². The van der Waals surface area contributed by atoms with E-state index in [4.69, 9.17) is 9.47 Å². The molecule has 0 aliphatic rings. The lowest BCUT2D eigenvalue weighted by molar-refractivity contribution is 0.0474. The van der Waals surface area contributed by atoms with Crippen LogP contribution in [0.3, 0.4) is 0 Å². The lowest BCUT2D eigenvalue weighted by Gasteiger charge is -2.11. The van der Waals surface area contributed by atoms with Gasteiger partial charge in [-0.2, -0.15) is 0 Å². The third kappa shape index (κ3) is 4.32. The molecule has 3 aromatic carbocycles. The number of rotatable bonds is 6. The van der Waals surface area contributed by atoms with Crippen molar-refractivity contribution in [2.24, 2.45) is 0 Å². The summed E-state index contributed by atoms with van der Waals surface area (Å²) >= 11 is 0. The number of hydrogen-bond donors (Lipinski definition) is 0. The van der Waals surface area contributed by atoms with Crippen LogP contribution >= 0.6 is 0 Å². The van der Waals surface area contributed by atoms with Crippen LogP contribution in [-0.4, -0.2) is 31.4 Å². The van der Waals surface area contributed by atoms with E-state index in [-0.39, 0.29) is 18.0 Å². The summed E-state index contributed by atoms with van der Waals surface area (Å²) in [5.41, 5.74) is 2.37. The van der Waals surface area contributed by atoms with E-state index in [1.54, 1.807) is 36.4 Å². The lowest BCUT2D eigenvalue weighted by Crippen LogP contribution is -2.15. The van der Waals surface area contributed by atoms with E-state index in [9.17, 15) is 14.4 Å². The van der Waals surface area contributed by atoms with Crippen LogP contribution in [0.5, 0.6) is 0 Å². The summed E-state index contributed by atoms with van der Waals surface area (Å²) in [6.07, 6.45) is 0. The van der Waals surface area contributed by atoms with Gasteiger partial charge in [0.25, 0.3) is 0 Å². The van der Waals surface area contributed by atoms with E-state index < -0.39 is 11.9 Å². The fraction of sp³-hybridized carbons (Fsp3) is 0.0870. The van der Waals surface area contributed by atoms with Crippen molar-refractivity contribution in [3.63, 3.8) is 0 Å². The van der Waals surface area contributed by atoms with Gasteiger partial charge >= 0.3 is 11.9 Å². The number of esters is 2. The molecule has 140 valence electrons. The maximum Gasteiger partial charge on any atom is 0.338 e. The Labute approximate surface area is 162 Å². The SMILES string of the molecule is COC(=O)c1ccc(C(=O)OCC(=O)c2ccccc2)cc1-c1ccccc1. The van der Waals surface area contributed by atoms with Crippen molar-refractivity contribution in [3.8, 4) is 11.1 Å². The second kappa shape index (κ2) is 8.77. The van der Waals surface area contributed by atoms with E-state index in [0.29, 0.717) is 16.7 Å². The van der Waals surface area contributed by atoms with Gasteiger partial charge in [0.2, 0.25) is 0 Å². The third-order valence-electron chi connectivity index (χ3n) is 4.18. The Balaban J connectivity index is 1.83. The van der Waals surface area contributed by atoms with Gasteiger partial charge < -0.3 is 9.47 Å². The van der Waals surface area contributed by atoms with Gasteiger partial charge in [0.15, 0.2) is 12.4 Å². The molecule has 0 saturated heterocycles. The predicted molar refractivity (Wildman–Crippen MR) is 104 cm³/mol. The standard InChI is InChI=1S/C23H18O5/c1-27-23(26)19-13-12-18(14-20(19)16-8-4-2-5-9-16)22(25)28-15-21(24)17-10-6-3-7-11-17/h2-14H,15H2,1H3. The number of hydrogen-bond acceptors (Lipinski definition) is 5. The minimum absolute atomic E-state index is 0.243. The van der Waals surface area contributed by atoms with E-state index in [2.05, 4.69) is 0 Å². The van der Waals surface area contributed by atoms with E-state index in [0.717, 1.165) is 5.56 Å². The molecule has 0 fully saturated rings. The summed E-state index contributed by atoms with van der Waals surface area (Å²) < 4.78 is 9.98. The maximum absolute atomic E-state index is 12.4. The number of benzene rings is 3. The van der Waals surface area contributed by atoms with Crippen LogP contribution in [-0.2, 0) is 9.47 Å². The predicted octanol–water partition coefficient (Wildman–Crippen LogP) is 4.18. The molecule has 0 radical (unpaired) electrons. The molecule has 3 aromatic rings. The second-order valence-electron chi connectivity index (χ2n) is 5.98. The largest absolute Gasteiger partial charge is 0.465 e. The fourth-order valence-corrected chi connectivity index (χ4v) is 2.74. The van der Waals surface area contributed by atoms with Crippen molar-refractivity contribution in [2.45, 2.75) is 0 Å². The van der Waals surface area contributed by atoms with Gasteiger partial charge in [-0.1, -0.05) is 60.7 Å². The summed E-state index contributed by atoms with van der Waals surface area (Å²) in [5.74, 6) is -1.43. The molecular formula is C23H18O5. The summed E-state index contributed by atoms with van der Waals surface area (Å²) in [6, 6.07) is 22.4. The van der Waals surface area contributed by atoms with Crippen LogP contribution in [0.25, 0.3) is 11.1 Å². The number of carbonyl (C=O) groups excluding carboxylic acids is 3. The Kier molecular flexibility index (Phi) is 5.97. The summed E-state index contributed by atoms with van der Waals surface area (Å²) in [6.45, 7) is -0.359. The van der Waals surface area contributed by atoms with Crippen molar-refractivity contribution < 1.29 is 23.9 Å². The molecule has 0 heterocycles. The van der Waals surface area contributed by atoms with Gasteiger partial charge in [-0.05, 0) is 29.3 Å². The molecule has 0 N–H and O–H groups in total. The molecule has 0 aliphatic carbocycles. The zero-order chi connectivity index (χ0) is 19.9. The number of methoxy groups -OCH3 is 1. The maximum atomic E-state index is 12.4. The fourth-order valence-electron chi connectivity index (χ4n) is 2.74. The Bertz CT molecular complexity index is 994. The molecule has 0 amide bonds. The van der Waals surface area contributed by atoms with Gasteiger partial charge in [-0.15, -0.1) is 0 Å². The number of ketones is 1. The van der Waals surface area contributed by atoms with Gasteiger partial charge in [0, 0.05) is 5.56 Å². The molecule has 0 spiro atoms. The zero-order valence-corrected chi connectivity index (χ0v) is 15.3. The smallest absolute Gasteiger partial charge is 0.338 e. The van der Waals surface area contributed by atoms with Crippen LogP contribution < -0.4 is 0 Å². The van der Waals surface area contributed by atoms with Crippen LogP contribution in [0.15, 0.2) is 78.9 Å². The van der Waals surface area contributed by atoms with E-state index in [1.807, 2.05) is 30.3 Å². The Hall–Kier alpha value is -3.73. The highest BCUT2D eigenvalue weighted by Crippen LogP contribution is 2.26. The minimum atomic E-state index is -0.641. The van der Waals surface area contributed by atoms with Crippen molar-refractivity contribution in [1.29, 1.82) is 0 Å². The summed E-state index contributed by atoms with van der Waals surface area (Å²) in [4.78, 5) is 36.6. The zero-order valence-electron chi connectivity index (χ0n) is 15.3.